The number of hydrogen-bond acceptors (Lipinski definition) is 2. The largest absolute Gasteiger partial charge is 0.228 e. The highest BCUT2D eigenvalue weighted by Gasteiger charge is 2.17. The Morgan fingerprint density at radius 1 is 0.300 bits per heavy atom. The standard InChI is InChI=1S/C48H30N2/c1-2-14-34(15-3-1)48-49-44(30-45(50-48)42-23-11-17-33-25-24-32-13-5-8-21-39(32)46(33)42)36-18-10-19-37(28-36)47-40-22-9-6-16-35(40)29-43-38-20-7-4-12-31(38)26-27-41(43)47/h1-30H. The van der Waals surface area contributed by atoms with E-state index in [1.165, 1.54) is 59.4 Å². The summed E-state index contributed by atoms with van der Waals surface area (Å²) in [5.74, 6) is 0.711. The minimum Gasteiger partial charge on any atom is -0.228 e. The summed E-state index contributed by atoms with van der Waals surface area (Å²) in [5.41, 5.74) is 7.34. The molecule has 1 aromatic heterocycles. The second kappa shape index (κ2) is 11.5. The average Bonchev–Trinajstić information content (AvgIpc) is 3.19. The number of nitrogens with zero attached hydrogens (tertiary/aromatic N) is 2. The third-order valence-corrected chi connectivity index (χ3v) is 10.0. The molecule has 232 valence electrons. The molecule has 0 aliphatic carbocycles. The van der Waals surface area contributed by atoms with E-state index in [0.717, 1.165) is 33.6 Å². The Morgan fingerprint density at radius 2 is 0.900 bits per heavy atom. The molecule has 0 spiro atoms. The van der Waals surface area contributed by atoms with Crippen LogP contribution in [-0.4, -0.2) is 9.97 Å². The molecule has 0 saturated carbocycles. The van der Waals surface area contributed by atoms with Crippen molar-refractivity contribution in [1.29, 1.82) is 0 Å². The van der Waals surface area contributed by atoms with Crippen molar-refractivity contribution >= 4 is 53.9 Å². The first-order valence-electron chi connectivity index (χ1n) is 17.1. The van der Waals surface area contributed by atoms with E-state index in [1.54, 1.807) is 0 Å². The molecule has 0 bridgehead atoms. The minimum absolute atomic E-state index is 0.711. The Morgan fingerprint density at radius 3 is 1.76 bits per heavy atom. The van der Waals surface area contributed by atoms with E-state index in [0.29, 0.717) is 5.82 Å². The molecule has 9 aromatic carbocycles. The van der Waals surface area contributed by atoms with Crippen LogP contribution in [0.25, 0.3) is 98.9 Å². The molecule has 1 heterocycles. The fraction of sp³-hybridized carbons (Fsp3) is 0. The number of benzene rings is 9. The maximum atomic E-state index is 5.24. The lowest BCUT2D eigenvalue weighted by atomic mass is 9.89. The first-order valence-corrected chi connectivity index (χ1v) is 17.1. The van der Waals surface area contributed by atoms with E-state index < -0.39 is 0 Å². The van der Waals surface area contributed by atoms with Crippen molar-refractivity contribution in [3.05, 3.63) is 182 Å². The van der Waals surface area contributed by atoms with Crippen LogP contribution in [0.4, 0.5) is 0 Å². The predicted octanol–water partition coefficient (Wildman–Crippen LogP) is 12.9. The summed E-state index contributed by atoms with van der Waals surface area (Å²) in [6, 6.07) is 65.1. The number of aromatic nitrogens is 2. The van der Waals surface area contributed by atoms with Gasteiger partial charge in [0.15, 0.2) is 5.82 Å². The number of hydrogen-bond donors (Lipinski definition) is 0. The van der Waals surface area contributed by atoms with Crippen LogP contribution < -0.4 is 0 Å². The zero-order valence-electron chi connectivity index (χ0n) is 27.2. The van der Waals surface area contributed by atoms with Gasteiger partial charge in [-0.2, -0.15) is 0 Å². The van der Waals surface area contributed by atoms with Crippen LogP contribution in [0.3, 0.4) is 0 Å². The molecule has 0 unspecified atom stereocenters. The maximum Gasteiger partial charge on any atom is 0.160 e. The highest BCUT2D eigenvalue weighted by Crippen LogP contribution is 2.41. The minimum atomic E-state index is 0.711. The van der Waals surface area contributed by atoms with Crippen LogP contribution >= 0.6 is 0 Å². The average molecular weight is 635 g/mol. The Labute approximate surface area is 290 Å². The highest BCUT2D eigenvalue weighted by molar-refractivity contribution is 6.20. The maximum absolute atomic E-state index is 5.24. The van der Waals surface area contributed by atoms with Crippen LogP contribution in [0.15, 0.2) is 182 Å². The van der Waals surface area contributed by atoms with Crippen LogP contribution in [0, 0.1) is 0 Å². The van der Waals surface area contributed by atoms with Gasteiger partial charge in [-0.15, -0.1) is 0 Å². The molecule has 0 saturated heterocycles. The molecule has 0 aliphatic heterocycles. The molecule has 0 radical (unpaired) electrons. The van der Waals surface area contributed by atoms with Gasteiger partial charge in [-0.05, 0) is 83.2 Å². The lowest BCUT2D eigenvalue weighted by molar-refractivity contribution is 1.19. The normalized spacial score (nSPS) is 11.6. The van der Waals surface area contributed by atoms with Gasteiger partial charge in [-0.25, -0.2) is 9.97 Å². The second-order valence-electron chi connectivity index (χ2n) is 13.0. The summed E-state index contributed by atoms with van der Waals surface area (Å²) in [7, 11) is 0. The summed E-state index contributed by atoms with van der Waals surface area (Å²) >= 11 is 0. The Hall–Kier alpha value is -6.64. The summed E-state index contributed by atoms with van der Waals surface area (Å²) in [5, 5.41) is 12.3. The quantitative estimate of drug-likeness (QED) is 0.142. The summed E-state index contributed by atoms with van der Waals surface area (Å²) < 4.78 is 0. The van der Waals surface area contributed by atoms with Gasteiger partial charge in [0, 0.05) is 16.7 Å². The van der Waals surface area contributed by atoms with E-state index in [2.05, 4.69) is 164 Å². The molecule has 10 rings (SSSR count). The van der Waals surface area contributed by atoms with Crippen LogP contribution in [0.1, 0.15) is 0 Å². The molecular weight excluding hydrogens is 605 g/mol. The number of rotatable bonds is 4. The highest BCUT2D eigenvalue weighted by atomic mass is 14.9. The molecule has 0 amide bonds. The van der Waals surface area contributed by atoms with Gasteiger partial charge < -0.3 is 0 Å². The van der Waals surface area contributed by atoms with E-state index in [9.17, 15) is 0 Å². The zero-order valence-corrected chi connectivity index (χ0v) is 27.2. The van der Waals surface area contributed by atoms with Gasteiger partial charge >= 0.3 is 0 Å². The first-order chi connectivity index (χ1) is 24.8. The predicted molar refractivity (Wildman–Crippen MR) is 211 cm³/mol. The van der Waals surface area contributed by atoms with Crippen molar-refractivity contribution in [1.82, 2.24) is 9.97 Å². The fourth-order valence-electron chi connectivity index (χ4n) is 7.69. The molecular formula is C48H30N2. The van der Waals surface area contributed by atoms with Crippen molar-refractivity contribution in [2.75, 3.05) is 0 Å². The first kappa shape index (κ1) is 28.4. The molecule has 0 aliphatic rings. The Balaban J connectivity index is 1.22. The van der Waals surface area contributed by atoms with E-state index in [4.69, 9.17) is 9.97 Å². The molecule has 0 atom stereocenters. The van der Waals surface area contributed by atoms with Gasteiger partial charge in [0.25, 0.3) is 0 Å². The smallest absolute Gasteiger partial charge is 0.160 e. The molecule has 0 N–H and O–H groups in total. The second-order valence-corrected chi connectivity index (χ2v) is 13.0. The van der Waals surface area contributed by atoms with Crippen molar-refractivity contribution in [3.63, 3.8) is 0 Å². The summed E-state index contributed by atoms with van der Waals surface area (Å²) in [6.45, 7) is 0. The molecule has 10 aromatic rings. The fourth-order valence-corrected chi connectivity index (χ4v) is 7.69. The Bertz CT molecular complexity index is 2920. The van der Waals surface area contributed by atoms with Gasteiger partial charge in [0.05, 0.1) is 11.4 Å². The summed E-state index contributed by atoms with van der Waals surface area (Å²) in [6.07, 6.45) is 0. The van der Waals surface area contributed by atoms with Crippen LogP contribution in [0.2, 0.25) is 0 Å². The van der Waals surface area contributed by atoms with Crippen LogP contribution in [0.5, 0.6) is 0 Å². The zero-order chi connectivity index (χ0) is 33.0. The molecule has 2 nitrogen and oxygen atoms in total. The van der Waals surface area contributed by atoms with Crippen molar-refractivity contribution in [3.8, 4) is 45.0 Å². The topological polar surface area (TPSA) is 25.8 Å². The third kappa shape index (κ3) is 4.65. The molecule has 50 heavy (non-hydrogen) atoms. The molecule has 0 fully saturated rings. The van der Waals surface area contributed by atoms with Crippen molar-refractivity contribution < 1.29 is 0 Å². The molecule has 2 heteroatoms. The third-order valence-electron chi connectivity index (χ3n) is 10.0. The number of fused-ring (bicyclic) bond motifs is 7. The van der Waals surface area contributed by atoms with E-state index >= 15 is 0 Å². The lowest BCUT2D eigenvalue weighted by Gasteiger charge is -2.16. The van der Waals surface area contributed by atoms with E-state index in [1.807, 2.05) is 18.2 Å². The van der Waals surface area contributed by atoms with E-state index in [-0.39, 0.29) is 0 Å². The van der Waals surface area contributed by atoms with Crippen molar-refractivity contribution in [2.24, 2.45) is 0 Å². The summed E-state index contributed by atoms with van der Waals surface area (Å²) in [4.78, 5) is 10.5. The van der Waals surface area contributed by atoms with Gasteiger partial charge in [0.2, 0.25) is 0 Å². The van der Waals surface area contributed by atoms with Crippen LogP contribution in [-0.2, 0) is 0 Å². The lowest BCUT2D eigenvalue weighted by Crippen LogP contribution is -1.97. The van der Waals surface area contributed by atoms with Crippen molar-refractivity contribution in [2.45, 2.75) is 0 Å². The van der Waals surface area contributed by atoms with Gasteiger partial charge in [-0.1, -0.05) is 164 Å². The Kier molecular flexibility index (Phi) is 6.53. The van der Waals surface area contributed by atoms with Gasteiger partial charge in [0.1, 0.15) is 0 Å². The SMILES string of the molecule is c1ccc(-c2nc(-c3cccc(-c4c5ccccc5cc5c4ccc4ccccc45)c3)cc(-c3cccc4ccc5ccccc5c34)n2)cc1. The monoisotopic (exact) mass is 634 g/mol. The van der Waals surface area contributed by atoms with Gasteiger partial charge in [-0.3, -0.25) is 0 Å².